The maximum Gasteiger partial charge on any atom is 0.252 e. The fourth-order valence-electron chi connectivity index (χ4n) is 1.84. The number of carbonyl (C=O) groups excluding carboxylic acids is 2. The van der Waals surface area contributed by atoms with E-state index in [1.54, 1.807) is 13.1 Å². The highest BCUT2D eigenvalue weighted by Gasteiger charge is 2.12. The molecule has 6 heteroatoms. The van der Waals surface area contributed by atoms with Crippen molar-refractivity contribution < 1.29 is 9.59 Å². The van der Waals surface area contributed by atoms with Crippen molar-refractivity contribution in [1.29, 1.82) is 0 Å². The van der Waals surface area contributed by atoms with E-state index >= 15 is 0 Å². The smallest absolute Gasteiger partial charge is 0.252 e. The average molecular weight is 292 g/mol. The molecule has 2 aromatic rings. The molecule has 0 saturated heterocycles. The summed E-state index contributed by atoms with van der Waals surface area (Å²) in [5.74, 6) is -0.391. The second-order valence-corrected chi connectivity index (χ2v) is 4.58. The quantitative estimate of drug-likeness (QED) is 0.843. The van der Waals surface area contributed by atoms with E-state index in [9.17, 15) is 9.59 Å². The number of hydrogen-bond donors (Lipinski definition) is 2. The van der Waals surface area contributed by atoms with Crippen LogP contribution in [-0.2, 0) is 4.79 Å². The molecule has 2 N–H and O–H groups in total. The van der Waals surface area contributed by atoms with Gasteiger partial charge in [0.05, 0.1) is 11.1 Å². The van der Waals surface area contributed by atoms with Gasteiger partial charge in [0.2, 0.25) is 5.91 Å². The van der Waals surface area contributed by atoms with Crippen LogP contribution in [0.2, 0.25) is 5.15 Å². The number of para-hydroxylation sites is 1. The van der Waals surface area contributed by atoms with Gasteiger partial charge in [-0.15, -0.1) is 0 Å². The Morgan fingerprint density at radius 3 is 2.80 bits per heavy atom. The number of rotatable bonds is 4. The first-order valence-electron chi connectivity index (χ1n) is 6.16. The lowest BCUT2D eigenvalue weighted by atomic mass is 10.1. The van der Waals surface area contributed by atoms with Gasteiger partial charge in [-0.1, -0.05) is 29.8 Å². The van der Waals surface area contributed by atoms with Gasteiger partial charge in [-0.25, -0.2) is 4.98 Å². The molecule has 1 heterocycles. The van der Waals surface area contributed by atoms with E-state index in [0.29, 0.717) is 11.1 Å². The minimum Gasteiger partial charge on any atom is -0.359 e. The summed E-state index contributed by atoms with van der Waals surface area (Å²) in [5.41, 5.74) is 1.12. The molecule has 2 rings (SSSR count). The average Bonchev–Trinajstić information content (AvgIpc) is 2.45. The summed E-state index contributed by atoms with van der Waals surface area (Å²) in [7, 11) is 1.56. The van der Waals surface area contributed by atoms with Crippen LogP contribution in [0.1, 0.15) is 16.8 Å². The number of hydrogen-bond acceptors (Lipinski definition) is 3. The SMILES string of the molecule is CNC(=O)CCNC(=O)c1cc(Cl)nc2ccccc12. The number of nitrogens with one attached hydrogen (secondary N) is 2. The molecule has 2 amide bonds. The van der Waals surface area contributed by atoms with E-state index in [4.69, 9.17) is 11.6 Å². The Balaban J connectivity index is 2.19. The topological polar surface area (TPSA) is 71.1 Å². The molecule has 0 saturated carbocycles. The van der Waals surface area contributed by atoms with Crippen LogP contribution in [0.15, 0.2) is 30.3 Å². The second-order valence-electron chi connectivity index (χ2n) is 4.19. The Kier molecular flexibility index (Phi) is 4.53. The Morgan fingerprint density at radius 1 is 1.30 bits per heavy atom. The molecular formula is C14H14ClN3O2. The third-order valence-electron chi connectivity index (χ3n) is 2.85. The second kappa shape index (κ2) is 6.34. The van der Waals surface area contributed by atoms with Crippen LogP contribution in [0.25, 0.3) is 10.9 Å². The zero-order valence-electron chi connectivity index (χ0n) is 10.9. The number of nitrogens with zero attached hydrogens (tertiary/aromatic N) is 1. The third kappa shape index (κ3) is 3.24. The number of aromatic nitrogens is 1. The fraction of sp³-hybridized carbons (Fsp3) is 0.214. The molecule has 1 aromatic carbocycles. The van der Waals surface area contributed by atoms with Crippen molar-refractivity contribution >= 4 is 34.3 Å². The largest absolute Gasteiger partial charge is 0.359 e. The summed E-state index contributed by atoms with van der Waals surface area (Å²) in [4.78, 5) is 27.4. The molecule has 0 bridgehead atoms. The summed E-state index contributed by atoms with van der Waals surface area (Å²) in [6.07, 6.45) is 0.235. The third-order valence-corrected chi connectivity index (χ3v) is 3.04. The lowest BCUT2D eigenvalue weighted by Crippen LogP contribution is -2.29. The minimum absolute atomic E-state index is 0.122. The van der Waals surface area contributed by atoms with Crippen molar-refractivity contribution in [2.75, 3.05) is 13.6 Å². The molecular weight excluding hydrogens is 278 g/mol. The van der Waals surface area contributed by atoms with E-state index in [2.05, 4.69) is 15.6 Å². The van der Waals surface area contributed by atoms with Gasteiger partial charge in [0.1, 0.15) is 5.15 Å². The highest BCUT2D eigenvalue weighted by molar-refractivity contribution is 6.30. The summed E-state index contributed by atoms with van der Waals surface area (Å²) in [6.45, 7) is 0.271. The molecule has 20 heavy (non-hydrogen) atoms. The predicted molar refractivity (Wildman–Crippen MR) is 77.8 cm³/mol. The summed E-state index contributed by atoms with van der Waals surface area (Å²) < 4.78 is 0. The highest BCUT2D eigenvalue weighted by Crippen LogP contribution is 2.20. The summed E-state index contributed by atoms with van der Waals surface area (Å²) in [6, 6.07) is 8.80. The first-order valence-corrected chi connectivity index (χ1v) is 6.53. The molecule has 104 valence electrons. The summed E-state index contributed by atoms with van der Waals surface area (Å²) >= 11 is 5.92. The van der Waals surface area contributed by atoms with Gasteiger partial charge < -0.3 is 10.6 Å². The Hall–Kier alpha value is -2.14. The van der Waals surface area contributed by atoms with Crippen LogP contribution in [0.3, 0.4) is 0 Å². The van der Waals surface area contributed by atoms with E-state index in [1.165, 1.54) is 6.07 Å². The number of carbonyl (C=O) groups is 2. The van der Waals surface area contributed by atoms with Crippen molar-refractivity contribution in [3.8, 4) is 0 Å². The molecule has 0 spiro atoms. The minimum atomic E-state index is -0.269. The van der Waals surface area contributed by atoms with Gasteiger partial charge in [0.15, 0.2) is 0 Å². The normalized spacial score (nSPS) is 10.3. The van der Waals surface area contributed by atoms with E-state index in [1.807, 2.05) is 18.2 Å². The number of fused-ring (bicyclic) bond motifs is 1. The molecule has 0 aliphatic heterocycles. The lowest BCUT2D eigenvalue weighted by molar-refractivity contribution is -0.120. The van der Waals surface area contributed by atoms with Crippen molar-refractivity contribution in [2.24, 2.45) is 0 Å². The molecule has 0 aliphatic rings. The Morgan fingerprint density at radius 2 is 2.05 bits per heavy atom. The molecule has 1 aromatic heterocycles. The maximum absolute atomic E-state index is 12.2. The van der Waals surface area contributed by atoms with Gasteiger partial charge in [0, 0.05) is 25.4 Å². The molecule has 5 nitrogen and oxygen atoms in total. The number of halogens is 1. The molecule has 0 fully saturated rings. The van der Waals surface area contributed by atoms with Gasteiger partial charge in [-0.05, 0) is 12.1 Å². The monoisotopic (exact) mass is 291 g/mol. The zero-order chi connectivity index (χ0) is 14.5. The van der Waals surface area contributed by atoms with Crippen LogP contribution < -0.4 is 10.6 Å². The van der Waals surface area contributed by atoms with Gasteiger partial charge in [0.25, 0.3) is 5.91 Å². The lowest BCUT2D eigenvalue weighted by Gasteiger charge is -2.08. The fourth-order valence-corrected chi connectivity index (χ4v) is 2.04. The first-order chi connectivity index (χ1) is 9.61. The zero-order valence-corrected chi connectivity index (χ0v) is 11.7. The van der Waals surface area contributed by atoms with Gasteiger partial charge in [-0.3, -0.25) is 9.59 Å². The van der Waals surface area contributed by atoms with Crippen LogP contribution in [-0.4, -0.2) is 30.4 Å². The standard InChI is InChI=1S/C14H14ClN3O2/c1-16-13(19)6-7-17-14(20)10-8-12(15)18-11-5-3-2-4-9(10)11/h2-5,8H,6-7H2,1H3,(H,16,19)(H,17,20). The van der Waals surface area contributed by atoms with Gasteiger partial charge in [-0.2, -0.15) is 0 Å². The van der Waals surface area contributed by atoms with Crippen molar-refractivity contribution in [2.45, 2.75) is 6.42 Å². The number of pyridine rings is 1. The molecule has 0 radical (unpaired) electrons. The maximum atomic E-state index is 12.2. The first kappa shape index (κ1) is 14.3. The van der Waals surface area contributed by atoms with Crippen LogP contribution in [0, 0.1) is 0 Å². The van der Waals surface area contributed by atoms with Crippen molar-refractivity contribution in [3.05, 3.63) is 41.0 Å². The Labute approximate surface area is 121 Å². The molecule has 0 atom stereocenters. The van der Waals surface area contributed by atoms with Crippen LogP contribution >= 0.6 is 11.6 Å². The highest BCUT2D eigenvalue weighted by atomic mass is 35.5. The van der Waals surface area contributed by atoms with Crippen LogP contribution in [0.4, 0.5) is 0 Å². The number of amides is 2. The van der Waals surface area contributed by atoms with Crippen LogP contribution in [0.5, 0.6) is 0 Å². The molecule has 0 unspecified atom stereocenters. The van der Waals surface area contributed by atoms with Gasteiger partial charge >= 0.3 is 0 Å². The predicted octanol–water partition coefficient (Wildman–Crippen LogP) is 1.75. The van der Waals surface area contributed by atoms with E-state index in [0.717, 1.165) is 5.39 Å². The molecule has 0 aliphatic carbocycles. The summed E-state index contributed by atoms with van der Waals surface area (Å²) in [5, 5.41) is 6.19. The number of benzene rings is 1. The van der Waals surface area contributed by atoms with E-state index < -0.39 is 0 Å². The van der Waals surface area contributed by atoms with Crippen molar-refractivity contribution in [3.63, 3.8) is 0 Å². The Bertz CT molecular complexity index is 658. The van der Waals surface area contributed by atoms with Crippen molar-refractivity contribution in [1.82, 2.24) is 15.6 Å². The van der Waals surface area contributed by atoms with E-state index in [-0.39, 0.29) is 29.9 Å².